The van der Waals surface area contributed by atoms with Crippen molar-refractivity contribution in [2.24, 2.45) is 5.73 Å². The van der Waals surface area contributed by atoms with Crippen molar-refractivity contribution in [3.05, 3.63) is 66.4 Å². The highest BCUT2D eigenvalue weighted by Gasteiger charge is 2.28. The van der Waals surface area contributed by atoms with Crippen LogP contribution in [0.1, 0.15) is 10.4 Å². The Bertz CT molecular complexity index is 1420. The number of carbonyl (C=O) groups is 2. The van der Waals surface area contributed by atoms with Crippen LogP contribution in [-0.2, 0) is 0 Å². The predicted molar refractivity (Wildman–Crippen MR) is 123 cm³/mol. The lowest BCUT2D eigenvalue weighted by molar-refractivity contribution is -0.123. The van der Waals surface area contributed by atoms with Gasteiger partial charge < -0.3 is 25.8 Å². The molecule has 0 bridgehead atoms. The van der Waals surface area contributed by atoms with E-state index in [0.29, 0.717) is 17.1 Å². The summed E-state index contributed by atoms with van der Waals surface area (Å²) in [4.78, 5) is 27.3. The lowest BCUT2D eigenvalue weighted by Crippen LogP contribution is -2.33. The summed E-state index contributed by atoms with van der Waals surface area (Å²) in [5.74, 6) is -0.125. The molecule has 2 aromatic heterocycles. The number of ether oxygens (including phenoxy) is 2. The number of nitrogens with zero attached hydrogens (tertiary/aromatic N) is 3. The standard InChI is InChI=1S/C23H19F3N6O4/c1-35-18-10-14(20(33)28-12-23(24,25)26)4-8-17(18)29-22-30-19-9-5-15(11-32(19)31-22)13-2-6-16(7-3-13)36-21(27)34/h2-11H,12H2,1H3,(H2,27,34)(H,28,33)(H,29,31). The van der Waals surface area contributed by atoms with Gasteiger partial charge >= 0.3 is 12.3 Å². The Morgan fingerprint density at radius 3 is 2.44 bits per heavy atom. The van der Waals surface area contributed by atoms with Crippen LogP contribution in [0.5, 0.6) is 11.5 Å². The van der Waals surface area contributed by atoms with E-state index in [0.717, 1.165) is 11.1 Å². The number of amides is 2. The third-order valence-corrected chi connectivity index (χ3v) is 4.90. The van der Waals surface area contributed by atoms with Gasteiger partial charge in [-0.1, -0.05) is 12.1 Å². The molecule has 13 heteroatoms. The zero-order valence-electron chi connectivity index (χ0n) is 18.7. The second-order valence-electron chi connectivity index (χ2n) is 7.44. The van der Waals surface area contributed by atoms with Gasteiger partial charge in [-0.2, -0.15) is 18.2 Å². The molecular formula is C23H19F3N6O4. The monoisotopic (exact) mass is 500 g/mol. The smallest absolute Gasteiger partial charge is 0.409 e. The maximum Gasteiger partial charge on any atom is 0.409 e. The number of rotatable bonds is 7. The van der Waals surface area contributed by atoms with Gasteiger partial charge in [-0.3, -0.25) is 4.79 Å². The molecule has 0 radical (unpaired) electrons. The second kappa shape index (κ2) is 9.82. The molecule has 2 heterocycles. The SMILES string of the molecule is COc1cc(C(=O)NCC(F)(F)F)ccc1Nc1nc2ccc(-c3ccc(OC(N)=O)cc3)cn2n1. The van der Waals surface area contributed by atoms with E-state index in [1.807, 2.05) is 11.4 Å². The first kappa shape index (κ1) is 24.3. The van der Waals surface area contributed by atoms with Gasteiger partial charge in [0.1, 0.15) is 18.0 Å². The van der Waals surface area contributed by atoms with Gasteiger partial charge in [0.05, 0.1) is 12.8 Å². The van der Waals surface area contributed by atoms with Crippen molar-refractivity contribution in [3.8, 4) is 22.6 Å². The summed E-state index contributed by atoms with van der Waals surface area (Å²) in [6.07, 6.45) is -3.66. The van der Waals surface area contributed by atoms with Gasteiger partial charge in [0.25, 0.3) is 5.91 Å². The number of benzene rings is 2. The van der Waals surface area contributed by atoms with Crippen molar-refractivity contribution in [2.45, 2.75) is 6.18 Å². The molecule has 186 valence electrons. The summed E-state index contributed by atoms with van der Waals surface area (Å²) in [7, 11) is 1.36. The van der Waals surface area contributed by atoms with Crippen molar-refractivity contribution in [3.63, 3.8) is 0 Å². The largest absolute Gasteiger partial charge is 0.495 e. The number of halogens is 3. The number of fused-ring (bicyclic) bond motifs is 1. The van der Waals surface area contributed by atoms with E-state index >= 15 is 0 Å². The fourth-order valence-corrected chi connectivity index (χ4v) is 3.28. The molecule has 4 aromatic rings. The first-order chi connectivity index (χ1) is 17.1. The fraction of sp³-hybridized carbons (Fsp3) is 0.130. The highest BCUT2D eigenvalue weighted by Crippen LogP contribution is 2.29. The lowest BCUT2D eigenvalue weighted by atomic mass is 10.1. The molecule has 0 fully saturated rings. The molecular weight excluding hydrogens is 481 g/mol. The molecule has 0 aliphatic carbocycles. The first-order valence-electron chi connectivity index (χ1n) is 10.4. The van der Waals surface area contributed by atoms with E-state index in [9.17, 15) is 22.8 Å². The van der Waals surface area contributed by atoms with E-state index in [-0.39, 0.29) is 17.3 Å². The van der Waals surface area contributed by atoms with E-state index in [2.05, 4.69) is 15.4 Å². The summed E-state index contributed by atoms with van der Waals surface area (Å²) in [5, 5.41) is 9.18. The molecule has 0 saturated heterocycles. The van der Waals surface area contributed by atoms with Crippen molar-refractivity contribution >= 4 is 29.3 Å². The van der Waals surface area contributed by atoms with Crippen LogP contribution >= 0.6 is 0 Å². The van der Waals surface area contributed by atoms with Crippen molar-refractivity contribution in [2.75, 3.05) is 19.0 Å². The molecule has 0 spiro atoms. The Morgan fingerprint density at radius 1 is 1.06 bits per heavy atom. The minimum absolute atomic E-state index is 0.00139. The number of hydrogen-bond acceptors (Lipinski definition) is 7. The highest BCUT2D eigenvalue weighted by molar-refractivity contribution is 5.95. The molecule has 4 N–H and O–H groups in total. The van der Waals surface area contributed by atoms with E-state index in [1.54, 1.807) is 41.0 Å². The zero-order valence-corrected chi connectivity index (χ0v) is 18.7. The van der Waals surface area contributed by atoms with Crippen LogP contribution in [0, 0.1) is 0 Å². The van der Waals surface area contributed by atoms with Crippen LogP contribution in [0.15, 0.2) is 60.8 Å². The summed E-state index contributed by atoms with van der Waals surface area (Å²) in [6.45, 7) is -1.44. The summed E-state index contributed by atoms with van der Waals surface area (Å²) in [5.41, 5.74) is 7.61. The van der Waals surface area contributed by atoms with Gasteiger partial charge in [0.2, 0.25) is 5.95 Å². The molecule has 4 rings (SSSR count). The Hall–Kier alpha value is -4.81. The number of alkyl halides is 3. The quantitative estimate of drug-likeness (QED) is 0.351. The van der Waals surface area contributed by atoms with Crippen molar-refractivity contribution in [1.82, 2.24) is 19.9 Å². The number of anilines is 2. The average molecular weight is 500 g/mol. The number of primary amides is 1. The van der Waals surface area contributed by atoms with Gasteiger partial charge in [0.15, 0.2) is 5.65 Å². The minimum atomic E-state index is -4.52. The number of hydrogen-bond donors (Lipinski definition) is 3. The summed E-state index contributed by atoms with van der Waals surface area (Å²) < 4.78 is 48.7. The predicted octanol–water partition coefficient (Wildman–Crippen LogP) is 3.90. The molecule has 0 aliphatic rings. The van der Waals surface area contributed by atoms with E-state index in [4.69, 9.17) is 15.2 Å². The molecule has 36 heavy (non-hydrogen) atoms. The molecule has 0 saturated carbocycles. The van der Waals surface area contributed by atoms with Crippen LogP contribution in [0.4, 0.5) is 29.6 Å². The van der Waals surface area contributed by atoms with Gasteiger partial charge in [0, 0.05) is 17.3 Å². The zero-order chi connectivity index (χ0) is 25.9. The van der Waals surface area contributed by atoms with Crippen LogP contribution in [0.25, 0.3) is 16.8 Å². The van der Waals surface area contributed by atoms with Gasteiger partial charge in [-0.25, -0.2) is 9.31 Å². The minimum Gasteiger partial charge on any atom is -0.495 e. The highest BCUT2D eigenvalue weighted by atomic mass is 19.4. The Labute approximate surface area is 201 Å². The third kappa shape index (κ3) is 5.81. The molecule has 2 aromatic carbocycles. The van der Waals surface area contributed by atoms with Gasteiger partial charge in [-0.15, -0.1) is 5.10 Å². The fourth-order valence-electron chi connectivity index (χ4n) is 3.28. The molecule has 0 aliphatic heterocycles. The second-order valence-corrected chi connectivity index (χ2v) is 7.44. The van der Waals surface area contributed by atoms with Crippen molar-refractivity contribution < 1.29 is 32.2 Å². The third-order valence-electron chi connectivity index (χ3n) is 4.90. The normalized spacial score (nSPS) is 11.2. The Morgan fingerprint density at radius 2 is 1.78 bits per heavy atom. The number of carbonyl (C=O) groups excluding carboxylic acids is 2. The molecule has 2 amide bonds. The number of nitrogens with two attached hydrogens (primary N) is 1. The lowest BCUT2D eigenvalue weighted by Gasteiger charge is -2.12. The maximum absolute atomic E-state index is 12.4. The first-order valence-corrected chi connectivity index (χ1v) is 10.4. The Balaban J connectivity index is 1.52. The van der Waals surface area contributed by atoms with E-state index in [1.165, 1.54) is 25.3 Å². The topological polar surface area (TPSA) is 133 Å². The van der Waals surface area contributed by atoms with Gasteiger partial charge in [-0.05, 0) is 48.0 Å². The number of nitrogens with one attached hydrogen (secondary N) is 2. The van der Waals surface area contributed by atoms with Crippen molar-refractivity contribution in [1.29, 1.82) is 0 Å². The number of aromatic nitrogens is 3. The van der Waals surface area contributed by atoms with Crippen LogP contribution in [0.2, 0.25) is 0 Å². The summed E-state index contributed by atoms with van der Waals surface area (Å²) in [6, 6.07) is 14.5. The molecule has 0 unspecified atom stereocenters. The number of methoxy groups -OCH3 is 1. The van der Waals surface area contributed by atoms with E-state index < -0.39 is 24.7 Å². The molecule has 0 atom stereocenters. The van der Waals surface area contributed by atoms with Crippen LogP contribution in [-0.4, -0.2) is 46.4 Å². The average Bonchev–Trinajstić information content (AvgIpc) is 3.24. The van der Waals surface area contributed by atoms with Crippen LogP contribution < -0.4 is 25.8 Å². The van der Waals surface area contributed by atoms with Crippen LogP contribution in [0.3, 0.4) is 0 Å². The molecule has 10 nitrogen and oxygen atoms in total. The maximum atomic E-state index is 12.4. The summed E-state index contributed by atoms with van der Waals surface area (Å²) >= 11 is 0. The number of pyridine rings is 1. The Kier molecular flexibility index (Phi) is 6.63.